The largest absolute Gasteiger partial charge is 0.339 e. The van der Waals surface area contributed by atoms with E-state index in [1.807, 2.05) is 18.3 Å². The molecule has 20 heavy (non-hydrogen) atoms. The lowest BCUT2D eigenvalue weighted by Crippen LogP contribution is -2.46. The molecular formula is C16H22N4. The van der Waals surface area contributed by atoms with E-state index in [0.29, 0.717) is 6.04 Å². The maximum atomic E-state index is 4.70. The van der Waals surface area contributed by atoms with Crippen molar-refractivity contribution in [3.8, 4) is 0 Å². The Balaban J connectivity index is 1.76. The van der Waals surface area contributed by atoms with Gasteiger partial charge in [0, 0.05) is 30.7 Å². The highest BCUT2D eigenvalue weighted by molar-refractivity contribution is 5.78. The monoisotopic (exact) mass is 270 g/mol. The average molecular weight is 270 g/mol. The lowest BCUT2D eigenvalue weighted by Gasteiger charge is -2.33. The molecule has 1 aromatic heterocycles. The highest BCUT2D eigenvalue weighted by Crippen LogP contribution is 2.19. The molecule has 1 saturated heterocycles. The number of anilines is 1. The zero-order chi connectivity index (χ0) is 13.8. The minimum absolute atomic E-state index is 0.568. The van der Waals surface area contributed by atoms with Gasteiger partial charge in [0.1, 0.15) is 0 Å². The molecule has 0 radical (unpaired) electrons. The van der Waals surface area contributed by atoms with Crippen molar-refractivity contribution >= 4 is 16.9 Å². The Morgan fingerprint density at radius 2 is 2.25 bits per heavy atom. The van der Waals surface area contributed by atoms with Crippen molar-refractivity contribution in [1.82, 2.24) is 15.3 Å². The number of benzene rings is 1. The van der Waals surface area contributed by atoms with Crippen LogP contribution in [0.5, 0.6) is 0 Å². The molecule has 0 bridgehead atoms. The predicted molar refractivity (Wildman–Crippen MR) is 83.1 cm³/mol. The van der Waals surface area contributed by atoms with Gasteiger partial charge in [-0.3, -0.25) is 0 Å². The quantitative estimate of drug-likeness (QED) is 0.927. The summed E-state index contributed by atoms with van der Waals surface area (Å²) in [5.41, 5.74) is 1.03. The second-order valence-electron chi connectivity index (χ2n) is 5.47. The summed E-state index contributed by atoms with van der Waals surface area (Å²) < 4.78 is 0. The molecule has 0 aliphatic carbocycles. The minimum atomic E-state index is 0.568. The Kier molecular flexibility index (Phi) is 4.11. The number of hydrogen-bond donors (Lipinski definition) is 1. The van der Waals surface area contributed by atoms with E-state index in [0.717, 1.165) is 36.5 Å². The van der Waals surface area contributed by atoms with E-state index in [1.54, 1.807) is 0 Å². The Hall–Kier alpha value is -1.68. The van der Waals surface area contributed by atoms with Gasteiger partial charge < -0.3 is 10.2 Å². The third-order valence-electron chi connectivity index (χ3n) is 3.86. The molecule has 0 saturated carbocycles. The summed E-state index contributed by atoms with van der Waals surface area (Å²) in [6.45, 7) is 5.37. The number of aromatic nitrogens is 2. The Labute approximate surface area is 120 Å². The number of fused-ring (bicyclic) bond motifs is 1. The molecule has 2 aromatic rings. The molecule has 1 unspecified atom stereocenters. The van der Waals surface area contributed by atoms with Gasteiger partial charge in [0.15, 0.2) is 0 Å². The van der Waals surface area contributed by atoms with E-state index in [2.05, 4.69) is 34.3 Å². The van der Waals surface area contributed by atoms with Crippen LogP contribution in [0.1, 0.15) is 26.2 Å². The number of piperidine rings is 1. The van der Waals surface area contributed by atoms with E-state index in [1.165, 1.54) is 19.3 Å². The van der Waals surface area contributed by atoms with Crippen LogP contribution >= 0.6 is 0 Å². The van der Waals surface area contributed by atoms with Crippen LogP contribution in [0.15, 0.2) is 30.5 Å². The van der Waals surface area contributed by atoms with E-state index < -0.39 is 0 Å². The fraction of sp³-hybridized carbons (Fsp3) is 0.500. The molecule has 1 aliphatic rings. The molecule has 0 amide bonds. The van der Waals surface area contributed by atoms with Crippen LogP contribution in [-0.2, 0) is 0 Å². The van der Waals surface area contributed by atoms with Crippen LogP contribution in [0.2, 0.25) is 0 Å². The first-order chi connectivity index (χ1) is 9.86. The third-order valence-corrected chi connectivity index (χ3v) is 3.86. The predicted octanol–water partition coefficient (Wildman–Crippen LogP) is 2.60. The molecule has 3 rings (SSSR count). The van der Waals surface area contributed by atoms with Gasteiger partial charge >= 0.3 is 0 Å². The maximum Gasteiger partial charge on any atom is 0.225 e. The number of hydrogen-bond acceptors (Lipinski definition) is 4. The smallest absolute Gasteiger partial charge is 0.225 e. The highest BCUT2D eigenvalue weighted by atomic mass is 15.3. The molecule has 1 aromatic carbocycles. The van der Waals surface area contributed by atoms with Crippen LogP contribution in [0.25, 0.3) is 10.9 Å². The van der Waals surface area contributed by atoms with Gasteiger partial charge in [-0.2, -0.15) is 0 Å². The lowest BCUT2D eigenvalue weighted by molar-refractivity contribution is 0.420. The maximum absolute atomic E-state index is 4.70. The summed E-state index contributed by atoms with van der Waals surface area (Å²) in [5.74, 6) is 0.867. The van der Waals surface area contributed by atoms with Gasteiger partial charge in [0.05, 0.1) is 5.52 Å². The number of rotatable bonds is 4. The number of para-hydroxylation sites is 1. The lowest BCUT2D eigenvalue weighted by atomic mass is 10.1. The van der Waals surface area contributed by atoms with Crippen molar-refractivity contribution < 1.29 is 0 Å². The second-order valence-corrected chi connectivity index (χ2v) is 5.47. The SMILES string of the molecule is CCCNC1CCCN(c2ncc3ccccc3n2)C1. The van der Waals surface area contributed by atoms with Crippen LogP contribution in [0.3, 0.4) is 0 Å². The molecule has 0 spiro atoms. The summed E-state index contributed by atoms with van der Waals surface area (Å²) in [4.78, 5) is 11.5. The second kappa shape index (κ2) is 6.18. The molecule has 1 fully saturated rings. The number of nitrogens with zero attached hydrogens (tertiary/aromatic N) is 3. The number of nitrogens with one attached hydrogen (secondary N) is 1. The first kappa shape index (κ1) is 13.3. The van der Waals surface area contributed by atoms with Crippen molar-refractivity contribution in [2.75, 3.05) is 24.5 Å². The first-order valence-electron chi connectivity index (χ1n) is 7.57. The first-order valence-corrected chi connectivity index (χ1v) is 7.57. The van der Waals surface area contributed by atoms with Crippen molar-refractivity contribution in [1.29, 1.82) is 0 Å². The zero-order valence-corrected chi connectivity index (χ0v) is 12.0. The van der Waals surface area contributed by atoms with Crippen molar-refractivity contribution in [2.24, 2.45) is 0 Å². The average Bonchev–Trinajstić information content (AvgIpc) is 2.53. The van der Waals surface area contributed by atoms with E-state index >= 15 is 0 Å². The van der Waals surface area contributed by atoms with Gasteiger partial charge in [-0.25, -0.2) is 9.97 Å². The van der Waals surface area contributed by atoms with Crippen molar-refractivity contribution in [3.63, 3.8) is 0 Å². The fourth-order valence-electron chi connectivity index (χ4n) is 2.79. The Bertz CT molecular complexity index is 569. The highest BCUT2D eigenvalue weighted by Gasteiger charge is 2.21. The summed E-state index contributed by atoms with van der Waals surface area (Å²) >= 11 is 0. The van der Waals surface area contributed by atoms with Crippen LogP contribution < -0.4 is 10.2 Å². The summed E-state index contributed by atoms with van der Waals surface area (Å²) in [6.07, 6.45) is 5.57. The normalized spacial score (nSPS) is 19.4. The fourth-order valence-corrected chi connectivity index (χ4v) is 2.79. The summed E-state index contributed by atoms with van der Waals surface area (Å²) in [6, 6.07) is 8.73. The standard InChI is InChI=1S/C16H22N4/c1-2-9-17-14-7-5-10-20(12-14)16-18-11-13-6-3-4-8-15(13)19-16/h3-4,6,8,11,14,17H,2,5,7,9-10,12H2,1H3. The van der Waals surface area contributed by atoms with E-state index in [-0.39, 0.29) is 0 Å². The van der Waals surface area contributed by atoms with Crippen molar-refractivity contribution in [3.05, 3.63) is 30.5 Å². The van der Waals surface area contributed by atoms with Gasteiger partial charge in [-0.05, 0) is 31.9 Å². The van der Waals surface area contributed by atoms with Crippen molar-refractivity contribution in [2.45, 2.75) is 32.2 Å². The Morgan fingerprint density at radius 1 is 1.35 bits per heavy atom. The third kappa shape index (κ3) is 2.90. The zero-order valence-electron chi connectivity index (χ0n) is 12.0. The summed E-state index contributed by atoms with van der Waals surface area (Å²) in [7, 11) is 0. The van der Waals surface area contributed by atoms with Crippen LogP contribution in [0, 0.1) is 0 Å². The molecule has 1 aliphatic heterocycles. The summed E-state index contributed by atoms with van der Waals surface area (Å²) in [5, 5.41) is 4.72. The topological polar surface area (TPSA) is 41.0 Å². The molecule has 1 N–H and O–H groups in total. The van der Waals surface area contributed by atoms with Gasteiger partial charge in [-0.1, -0.05) is 25.1 Å². The van der Waals surface area contributed by atoms with Gasteiger partial charge in [-0.15, -0.1) is 0 Å². The van der Waals surface area contributed by atoms with Gasteiger partial charge in [0.2, 0.25) is 5.95 Å². The minimum Gasteiger partial charge on any atom is -0.339 e. The molecule has 1 atom stereocenters. The van der Waals surface area contributed by atoms with Gasteiger partial charge in [0.25, 0.3) is 0 Å². The molecule has 2 heterocycles. The van der Waals surface area contributed by atoms with E-state index in [9.17, 15) is 0 Å². The van der Waals surface area contributed by atoms with Crippen LogP contribution in [-0.4, -0.2) is 35.6 Å². The molecule has 4 nitrogen and oxygen atoms in total. The molecular weight excluding hydrogens is 248 g/mol. The Morgan fingerprint density at radius 3 is 3.15 bits per heavy atom. The molecule has 4 heteroatoms. The molecule has 106 valence electrons. The van der Waals surface area contributed by atoms with E-state index in [4.69, 9.17) is 4.98 Å². The van der Waals surface area contributed by atoms with Crippen LogP contribution in [0.4, 0.5) is 5.95 Å².